The zero-order valence-electron chi connectivity index (χ0n) is 22.7. The molecule has 0 unspecified atom stereocenters. The molecule has 6 rings (SSSR count). The molecule has 41 heavy (non-hydrogen) atoms. The number of carbonyl (C=O) groups excluding carboxylic acids is 2. The smallest absolute Gasteiger partial charge is 0.337 e. The minimum Gasteiger partial charge on any atom is -0.465 e. The number of hydrogen-bond acceptors (Lipinski definition) is 9. The van der Waals surface area contributed by atoms with Gasteiger partial charge < -0.3 is 9.47 Å². The van der Waals surface area contributed by atoms with Gasteiger partial charge in [0, 0.05) is 30.6 Å². The molecular formula is C32H24N2O4S3. The Morgan fingerprint density at radius 3 is 1.27 bits per heavy atom. The summed E-state index contributed by atoms with van der Waals surface area (Å²) in [6.45, 7) is 4.20. The zero-order valence-corrected chi connectivity index (χ0v) is 25.1. The minimum absolute atomic E-state index is 0.402. The van der Waals surface area contributed by atoms with Gasteiger partial charge in [-0.15, -0.1) is 34.0 Å². The number of carbonyl (C=O) groups is 2. The number of ether oxygens (including phenoxy) is 2. The van der Waals surface area contributed by atoms with E-state index in [0.717, 1.165) is 41.7 Å². The van der Waals surface area contributed by atoms with Crippen molar-refractivity contribution >= 4 is 57.0 Å². The monoisotopic (exact) mass is 596 g/mol. The van der Waals surface area contributed by atoms with Crippen LogP contribution in [0.5, 0.6) is 0 Å². The summed E-state index contributed by atoms with van der Waals surface area (Å²) in [6, 6.07) is 22.9. The fourth-order valence-corrected chi connectivity index (χ4v) is 7.70. The molecular weight excluding hydrogens is 573 g/mol. The van der Waals surface area contributed by atoms with Crippen molar-refractivity contribution in [2.24, 2.45) is 0 Å². The van der Waals surface area contributed by atoms with E-state index < -0.39 is 11.9 Å². The summed E-state index contributed by atoms with van der Waals surface area (Å²) in [4.78, 5) is 41.6. The average Bonchev–Trinajstić information content (AvgIpc) is 3.73. The lowest BCUT2D eigenvalue weighted by Gasteiger charge is -2.11. The van der Waals surface area contributed by atoms with Crippen molar-refractivity contribution in [3.8, 4) is 42.0 Å². The second-order valence-electron chi connectivity index (χ2n) is 9.34. The van der Waals surface area contributed by atoms with Gasteiger partial charge in [-0.25, -0.2) is 19.6 Å². The molecule has 0 aliphatic carbocycles. The first-order valence-electron chi connectivity index (χ1n) is 12.7. The van der Waals surface area contributed by atoms with Gasteiger partial charge in [-0.3, -0.25) is 0 Å². The molecule has 2 aromatic carbocycles. The van der Waals surface area contributed by atoms with E-state index in [-0.39, 0.29) is 0 Å². The van der Waals surface area contributed by atoms with Crippen molar-refractivity contribution in [1.29, 1.82) is 0 Å². The van der Waals surface area contributed by atoms with Crippen LogP contribution < -0.4 is 0 Å². The number of benzene rings is 2. The Kier molecular flexibility index (Phi) is 7.25. The Morgan fingerprint density at radius 1 is 0.561 bits per heavy atom. The molecule has 6 nitrogen and oxygen atoms in total. The number of aryl methyl sites for hydroxylation is 2. The van der Waals surface area contributed by atoms with Crippen molar-refractivity contribution in [2.75, 3.05) is 14.2 Å². The van der Waals surface area contributed by atoms with Gasteiger partial charge in [-0.2, -0.15) is 0 Å². The van der Waals surface area contributed by atoms with Gasteiger partial charge in [0.15, 0.2) is 0 Å². The van der Waals surface area contributed by atoms with Crippen LogP contribution >= 0.6 is 34.0 Å². The molecule has 204 valence electrons. The SMILES string of the molecule is COC(=O)c1ccc(-c2nc3c(-c4ccc(C)s4)sc(-c4ccc(C)s4)c3nc2-c2ccc(C(=O)OC)cc2)cc1. The van der Waals surface area contributed by atoms with Crippen LogP contribution in [0.25, 0.3) is 53.1 Å². The third-order valence-electron chi connectivity index (χ3n) is 6.62. The Morgan fingerprint density at radius 2 is 0.951 bits per heavy atom. The normalized spacial score (nSPS) is 11.1. The summed E-state index contributed by atoms with van der Waals surface area (Å²) in [7, 11) is 2.73. The third kappa shape index (κ3) is 5.08. The van der Waals surface area contributed by atoms with E-state index in [1.54, 1.807) is 58.3 Å². The molecule has 6 aromatic rings. The van der Waals surface area contributed by atoms with E-state index in [1.165, 1.54) is 24.0 Å². The second-order valence-corrected chi connectivity index (χ2v) is 12.9. The average molecular weight is 597 g/mol. The van der Waals surface area contributed by atoms with Crippen LogP contribution in [0.2, 0.25) is 0 Å². The van der Waals surface area contributed by atoms with Crippen molar-refractivity contribution in [3.63, 3.8) is 0 Å². The number of aromatic nitrogens is 2. The van der Waals surface area contributed by atoms with Gasteiger partial charge in [0.05, 0.1) is 46.5 Å². The molecule has 4 aromatic heterocycles. The topological polar surface area (TPSA) is 78.4 Å². The predicted molar refractivity (Wildman–Crippen MR) is 167 cm³/mol. The quantitative estimate of drug-likeness (QED) is 0.179. The van der Waals surface area contributed by atoms with Crippen molar-refractivity contribution < 1.29 is 19.1 Å². The Labute approximate surface area is 248 Å². The van der Waals surface area contributed by atoms with Crippen LogP contribution in [-0.2, 0) is 9.47 Å². The summed E-state index contributed by atoms with van der Waals surface area (Å²) in [5.74, 6) is -0.804. The Bertz CT molecular complexity index is 1780. The van der Waals surface area contributed by atoms with Crippen LogP contribution in [-0.4, -0.2) is 36.1 Å². The van der Waals surface area contributed by atoms with Crippen molar-refractivity contribution in [1.82, 2.24) is 9.97 Å². The molecule has 0 saturated heterocycles. The van der Waals surface area contributed by atoms with Gasteiger partial charge in [0.25, 0.3) is 0 Å². The van der Waals surface area contributed by atoms with Crippen LogP contribution in [0.15, 0.2) is 72.8 Å². The lowest BCUT2D eigenvalue weighted by Crippen LogP contribution is -2.02. The maximum Gasteiger partial charge on any atom is 0.337 e. The first-order chi connectivity index (χ1) is 19.9. The van der Waals surface area contributed by atoms with Gasteiger partial charge in [-0.05, 0) is 62.4 Å². The standard InChI is InChI=1S/C32H24N2O4S3/c1-17-5-15-23(39-17)29-27-28(30(41-29)24-16-6-18(2)40-24)34-26(20-9-13-22(14-10-20)32(36)38-4)25(33-27)19-7-11-21(12-8-19)31(35)37-3/h5-16H,1-4H3. The maximum atomic E-state index is 12.1. The van der Waals surface area contributed by atoms with Crippen molar-refractivity contribution in [3.05, 3.63) is 93.7 Å². The summed E-state index contributed by atoms with van der Waals surface area (Å²) in [5, 5.41) is 0. The number of thiophene rings is 3. The molecule has 9 heteroatoms. The Balaban J connectivity index is 1.63. The van der Waals surface area contributed by atoms with Gasteiger partial charge in [-0.1, -0.05) is 24.3 Å². The van der Waals surface area contributed by atoms with E-state index in [4.69, 9.17) is 19.4 Å². The van der Waals surface area contributed by atoms with E-state index in [0.29, 0.717) is 22.5 Å². The molecule has 0 radical (unpaired) electrons. The first kappa shape index (κ1) is 27.0. The zero-order chi connectivity index (χ0) is 28.7. The van der Waals surface area contributed by atoms with Gasteiger partial charge >= 0.3 is 11.9 Å². The molecule has 0 N–H and O–H groups in total. The van der Waals surface area contributed by atoms with Gasteiger partial charge in [0.2, 0.25) is 0 Å². The van der Waals surface area contributed by atoms with E-state index in [9.17, 15) is 9.59 Å². The highest BCUT2D eigenvalue weighted by atomic mass is 32.1. The molecule has 0 saturated carbocycles. The summed E-state index contributed by atoms with van der Waals surface area (Å²) in [6.07, 6.45) is 0. The fourth-order valence-electron chi connectivity index (χ4n) is 4.56. The molecule has 0 fully saturated rings. The number of nitrogens with zero attached hydrogens (tertiary/aromatic N) is 2. The number of fused-ring (bicyclic) bond motifs is 1. The molecule has 0 spiro atoms. The van der Waals surface area contributed by atoms with Crippen LogP contribution in [0, 0.1) is 13.8 Å². The van der Waals surface area contributed by atoms with Gasteiger partial charge in [0.1, 0.15) is 11.0 Å². The van der Waals surface area contributed by atoms with Crippen LogP contribution in [0.4, 0.5) is 0 Å². The van der Waals surface area contributed by atoms with Crippen LogP contribution in [0.1, 0.15) is 30.5 Å². The number of methoxy groups -OCH3 is 2. The lowest BCUT2D eigenvalue weighted by molar-refractivity contribution is 0.0592. The van der Waals surface area contributed by atoms with E-state index >= 15 is 0 Å². The maximum absolute atomic E-state index is 12.1. The molecule has 0 atom stereocenters. The highest BCUT2D eigenvalue weighted by molar-refractivity contribution is 7.27. The van der Waals surface area contributed by atoms with E-state index in [2.05, 4.69) is 38.1 Å². The molecule has 4 heterocycles. The highest BCUT2D eigenvalue weighted by Crippen LogP contribution is 2.47. The second kappa shape index (κ2) is 11.0. The molecule has 0 bridgehead atoms. The predicted octanol–water partition coefficient (Wildman–Crippen LogP) is 8.67. The summed E-state index contributed by atoms with van der Waals surface area (Å²) >= 11 is 5.18. The molecule has 0 aliphatic rings. The Hall–Kier alpha value is -4.18. The molecule has 0 aliphatic heterocycles. The van der Waals surface area contributed by atoms with Crippen molar-refractivity contribution in [2.45, 2.75) is 13.8 Å². The third-order valence-corrected chi connectivity index (χ3v) is 10.1. The van der Waals surface area contributed by atoms with Crippen LogP contribution in [0.3, 0.4) is 0 Å². The number of hydrogen-bond donors (Lipinski definition) is 0. The lowest BCUT2D eigenvalue weighted by atomic mass is 10.0. The number of esters is 2. The minimum atomic E-state index is -0.402. The summed E-state index contributed by atoms with van der Waals surface area (Å²) < 4.78 is 9.77. The molecule has 0 amide bonds. The first-order valence-corrected chi connectivity index (χ1v) is 15.2. The number of rotatable bonds is 6. The fraction of sp³-hybridized carbons (Fsp3) is 0.125. The highest BCUT2D eigenvalue weighted by Gasteiger charge is 2.23. The largest absolute Gasteiger partial charge is 0.465 e. The summed E-state index contributed by atoms with van der Waals surface area (Å²) in [5.41, 5.74) is 5.56. The van der Waals surface area contributed by atoms with E-state index in [1.807, 2.05) is 24.3 Å².